The molecule has 1 aromatic carbocycles. The number of alkyl halides is 3. The van der Waals surface area contributed by atoms with Crippen LogP contribution >= 0.6 is 22.9 Å². The summed E-state index contributed by atoms with van der Waals surface area (Å²) < 4.78 is 52.3. The van der Waals surface area contributed by atoms with Gasteiger partial charge in [0.25, 0.3) is 0 Å². The highest BCUT2D eigenvalue weighted by atomic mass is 35.5. The summed E-state index contributed by atoms with van der Waals surface area (Å²) in [6, 6.07) is 4.46. The van der Waals surface area contributed by atoms with Gasteiger partial charge in [-0.15, -0.1) is 11.3 Å². The molecule has 108 valence electrons. The zero-order chi connectivity index (χ0) is 14.9. The summed E-state index contributed by atoms with van der Waals surface area (Å²) in [5.74, 6) is 4.57. The lowest BCUT2D eigenvalue weighted by molar-refractivity contribution is -0.137. The fourth-order valence-electron chi connectivity index (χ4n) is 1.75. The molecule has 0 amide bonds. The standard InChI is InChI=1S/C12H9ClF4N2S/c13-10-4-3-9(20-10)11(19-18)7-5-6(12(15,16)17)1-2-8(7)14/h1-5,11,19H,18H2. The van der Waals surface area contributed by atoms with E-state index in [1.54, 1.807) is 12.1 Å². The SMILES string of the molecule is NNC(c1ccc(Cl)s1)c1cc(C(F)(F)F)ccc1F. The third-order valence-electron chi connectivity index (χ3n) is 2.68. The van der Waals surface area contributed by atoms with Gasteiger partial charge in [-0.1, -0.05) is 11.6 Å². The number of hydrazine groups is 1. The minimum absolute atomic E-state index is 0.180. The van der Waals surface area contributed by atoms with E-state index in [0.717, 1.165) is 23.5 Å². The molecule has 0 saturated carbocycles. The highest BCUT2D eigenvalue weighted by molar-refractivity contribution is 7.16. The van der Waals surface area contributed by atoms with Gasteiger partial charge in [0.05, 0.1) is 15.9 Å². The molecule has 1 aromatic heterocycles. The summed E-state index contributed by atoms with van der Waals surface area (Å²) in [6.45, 7) is 0. The van der Waals surface area contributed by atoms with Gasteiger partial charge >= 0.3 is 6.18 Å². The number of hydrogen-bond donors (Lipinski definition) is 2. The van der Waals surface area contributed by atoms with Crippen LogP contribution < -0.4 is 11.3 Å². The van der Waals surface area contributed by atoms with Crippen molar-refractivity contribution in [1.82, 2.24) is 5.43 Å². The zero-order valence-corrected chi connectivity index (χ0v) is 11.4. The van der Waals surface area contributed by atoms with E-state index in [4.69, 9.17) is 17.4 Å². The number of nitrogens with two attached hydrogens (primary N) is 1. The highest BCUT2D eigenvalue weighted by Gasteiger charge is 2.32. The monoisotopic (exact) mass is 324 g/mol. The molecule has 0 radical (unpaired) electrons. The van der Waals surface area contributed by atoms with Gasteiger partial charge in [0.15, 0.2) is 0 Å². The predicted octanol–water partition coefficient (Wildman–Crippen LogP) is 4.11. The third-order valence-corrected chi connectivity index (χ3v) is 3.98. The number of halogens is 5. The first kappa shape index (κ1) is 15.2. The van der Waals surface area contributed by atoms with Crippen molar-refractivity contribution in [1.29, 1.82) is 0 Å². The van der Waals surface area contributed by atoms with Crippen molar-refractivity contribution in [2.24, 2.45) is 5.84 Å². The molecule has 20 heavy (non-hydrogen) atoms. The van der Waals surface area contributed by atoms with Gasteiger partial charge in [-0.25, -0.2) is 9.82 Å². The number of thiophene rings is 1. The van der Waals surface area contributed by atoms with Crippen molar-refractivity contribution in [3.63, 3.8) is 0 Å². The van der Waals surface area contributed by atoms with Crippen LogP contribution in [0.3, 0.4) is 0 Å². The van der Waals surface area contributed by atoms with Gasteiger partial charge < -0.3 is 0 Å². The van der Waals surface area contributed by atoms with Crippen LogP contribution in [0.15, 0.2) is 30.3 Å². The topological polar surface area (TPSA) is 38.0 Å². The molecule has 1 atom stereocenters. The van der Waals surface area contributed by atoms with E-state index in [0.29, 0.717) is 15.3 Å². The minimum atomic E-state index is -4.55. The average Bonchev–Trinajstić information content (AvgIpc) is 2.77. The molecule has 0 aliphatic heterocycles. The molecule has 0 aliphatic rings. The summed E-state index contributed by atoms with van der Waals surface area (Å²) in [5, 5.41) is 0. The lowest BCUT2D eigenvalue weighted by atomic mass is 10.0. The molecule has 2 aromatic rings. The second-order valence-electron chi connectivity index (χ2n) is 3.98. The Morgan fingerprint density at radius 3 is 2.40 bits per heavy atom. The zero-order valence-electron chi connectivity index (χ0n) is 9.84. The first-order chi connectivity index (χ1) is 9.32. The van der Waals surface area contributed by atoms with Crippen molar-refractivity contribution >= 4 is 22.9 Å². The van der Waals surface area contributed by atoms with Gasteiger partial charge in [0.2, 0.25) is 0 Å². The molecule has 8 heteroatoms. The van der Waals surface area contributed by atoms with Crippen LogP contribution in [-0.4, -0.2) is 0 Å². The smallest absolute Gasteiger partial charge is 0.271 e. The number of nitrogens with one attached hydrogen (secondary N) is 1. The van der Waals surface area contributed by atoms with Crippen molar-refractivity contribution in [3.8, 4) is 0 Å². The lowest BCUT2D eigenvalue weighted by Crippen LogP contribution is -2.29. The number of benzene rings is 1. The molecule has 1 unspecified atom stereocenters. The van der Waals surface area contributed by atoms with E-state index in [2.05, 4.69) is 5.43 Å². The van der Waals surface area contributed by atoms with Crippen molar-refractivity contribution in [3.05, 3.63) is 56.5 Å². The Morgan fingerprint density at radius 2 is 1.90 bits per heavy atom. The summed E-state index contributed by atoms with van der Waals surface area (Å²) in [5.41, 5.74) is 1.20. The molecule has 0 saturated heterocycles. The first-order valence-electron chi connectivity index (χ1n) is 5.41. The van der Waals surface area contributed by atoms with Crippen LogP contribution in [0.2, 0.25) is 4.34 Å². The summed E-state index contributed by atoms with van der Waals surface area (Å²) in [4.78, 5) is 0.524. The number of hydrogen-bond acceptors (Lipinski definition) is 3. The molecule has 0 bridgehead atoms. The van der Waals surface area contributed by atoms with E-state index < -0.39 is 23.6 Å². The molecule has 0 spiro atoms. The summed E-state index contributed by atoms with van der Waals surface area (Å²) in [6.07, 6.45) is -4.55. The van der Waals surface area contributed by atoms with Crippen LogP contribution in [-0.2, 0) is 6.18 Å². The maximum absolute atomic E-state index is 13.8. The Labute approximate surface area is 121 Å². The van der Waals surface area contributed by atoms with Crippen LogP contribution in [0.5, 0.6) is 0 Å². The summed E-state index contributed by atoms with van der Waals surface area (Å²) >= 11 is 6.88. The van der Waals surface area contributed by atoms with E-state index in [1.165, 1.54) is 0 Å². The van der Waals surface area contributed by atoms with Gasteiger partial charge in [0.1, 0.15) is 5.82 Å². The van der Waals surface area contributed by atoms with Crippen molar-refractivity contribution in [2.75, 3.05) is 0 Å². The fraction of sp³-hybridized carbons (Fsp3) is 0.167. The first-order valence-corrected chi connectivity index (χ1v) is 6.60. The maximum atomic E-state index is 13.8. The van der Waals surface area contributed by atoms with Gasteiger partial charge in [-0.3, -0.25) is 5.84 Å². The molecular formula is C12H9ClF4N2S. The summed E-state index contributed by atoms with van der Waals surface area (Å²) in [7, 11) is 0. The van der Waals surface area contributed by atoms with Gasteiger partial charge in [-0.2, -0.15) is 13.2 Å². The Kier molecular flexibility index (Phi) is 4.33. The molecule has 0 aliphatic carbocycles. The van der Waals surface area contributed by atoms with Crippen molar-refractivity contribution < 1.29 is 17.6 Å². The van der Waals surface area contributed by atoms with Crippen LogP contribution in [0.25, 0.3) is 0 Å². The Bertz CT molecular complexity index is 612. The lowest BCUT2D eigenvalue weighted by Gasteiger charge is -2.17. The average molecular weight is 325 g/mol. The molecular weight excluding hydrogens is 316 g/mol. The molecule has 2 rings (SSSR count). The predicted molar refractivity (Wildman–Crippen MR) is 69.9 cm³/mol. The molecule has 1 heterocycles. The van der Waals surface area contributed by atoms with E-state index in [9.17, 15) is 17.6 Å². The van der Waals surface area contributed by atoms with Crippen LogP contribution in [0.1, 0.15) is 22.0 Å². The Hall–Kier alpha value is -1.15. The highest BCUT2D eigenvalue weighted by Crippen LogP contribution is 2.35. The maximum Gasteiger partial charge on any atom is 0.416 e. The second-order valence-corrected chi connectivity index (χ2v) is 5.72. The van der Waals surface area contributed by atoms with Gasteiger partial charge in [0, 0.05) is 10.4 Å². The van der Waals surface area contributed by atoms with E-state index >= 15 is 0 Å². The molecule has 3 N–H and O–H groups in total. The quantitative estimate of drug-likeness (QED) is 0.506. The normalized spacial score (nSPS) is 13.5. The third kappa shape index (κ3) is 3.12. The van der Waals surface area contributed by atoms with E-state index in [-0.39, 0.29) is 5.56 Å². The second kappa shape index (κ2) is 5.69. The van der Waals surface area contributed by atoms with Crippen LogP contribution in [0.4, 0.5) is 17.6 Å². The molecule has 2 nitrogen and oxygen atoms in total. The minimum Gasteiger partial charge on any atom is -0.271 e. The van der Waals surface area contributed by atoms with Gasteiger partial charge in [-0.05, 0) is 30.3 Å². The van der Waals surface area contributed by atoms with Crippen molar-refractivity contribution in [2.45, 2.75) is 12.2 Å². The fourth-order valence-corrected chi connectivity index (χ4v) is 2.89. The number of rotatable bonds is 3. The Morgan fingerprint density at radius 1 is 1.20 bits per heavy atom. The Balaban J connectivity index is 2.49. The molecule has 0 fully saturated rings. The largest absolute Gasteiger partial charge is 0.416 e. The van der Waals surface area contributed by atoms with Crippen LogP contribution in [0, 0.1) is 5.82 Å². The van der Waals surface area contributed by atoms with E-state index in [1.807, 2.05) is 0 Å².